The number of hydrogen-bond donors (Lipinski definition) is 2. The highest BCUT2D eigenvalue weighted by Crippen LogP contribution is 2.20. The second-order valence-corrected chi connectivity index (χ2v) is 7.73. The third kappa shape index (κ3) is 5.90. The highest BCUT2D eigenvalue weighted by atomic mass is 16.5. The molecule has 0 aliphatic carbocycles. The monoisotopic (exact) mass is 478 g/mol. The fourth-order valence-corrected chi connectivity index (χ4v) is 3.48. The molecule has 0 spiro atoms. The van der Waals surface area contributed by atoms with Crippen LogP contribution in [0.25, 0.3) is 0 Å². The first-order valence-corrected chi connectivity index (χ1v) is 11.1. The van der Waals surface area contributed by atoms with Gasteiger partial charge in [0, 0.05) is 16.7 Å². The molecular formula is C29H22N2O5. The smallest absolute Gasteiger partial charge is 0.340 e. The van der Waals surface area contributed by atoms with Crippen LogP contribution in [0, 0.1) is 0 Å². The maximum Gasteiger partial charge on any atom is 0.340 e. The van der Waals surface area contributed by atoms with Crippen LogP contribution in [0.4, 0.5) is 11.4 Å². The van der Waals surface area contributed by atoms with Crippen LogP contribution >= 0.6 is 0 Å². The Bertz CT molecular complexity index is 1400. The summed E-state index contributed by atoms with van der Waals surface area (Å²) in [5, 5.41) is 5.32. The van der Waals surface area contributed by atoms with Crippen molar-refractivity contribution < 1.29 is 23.9 Å². The standard InChI is InChI=1S/C29H22N2O5/c32-26(30-24-17-9-7-15-22(24)27(33)20-11-3-1-4-12-20)19-36-29(35)23-16-8-10-18-25(23)31-28(34)21-13-5-2-6-14-21/h1-18H,19H2,(H,30,32)(H,31,34). The molecule has 178 valence electrons. The number of rotatable bonds is 8. The number of hydrogen-bond acceptors (Lipinski definition) is 5. The highest BCUT2D eigenvalue weighted by Gasteiger charge is 2.18. The van der Waals surface area contributed by atoms with E-state index in [2.05, 4.69) is 10.6 Å². The van der Waals surface area contributed by atoms with Crippen molar-refractivity contribution >= 4 is 34.9 Å². The van der Waals surface area contributed by atoms with E-state index in [0.29, 0.717) is 22.4 Å². The molecule has 7 heteroatoms. The minimum Gasteiger partial charge on any atom is -0.452 e. The molecule has 2 N–H and O–H groups in total. The van der Waals surface area contributed by atoms with Crippen LogP contribution in [-0.2, 0) is 9.53 Å². The fraction of sp³-hybridized carbons (Fsp3) is 0.0345. The summed E-state index contributed by atoms with van der Waals surface area (Å²) in [4.78, 5) is 50.6. The molecule has 0 aromatic heterocycles. The Morgan fingerprint density at radius 3 is 1.69 bits per heavy atom. The second-order valence-electron chi connectivity index (χ2n) is 7.73. The van der Waals surface area contributed by atoms with Gasteiger partial charge in [0.15, 0.2) is 12.4 Å². The molecule has 0 bridgehead atoms. The van der Waals surface area contributed by atoms with Crippen molar-refractivity contribution in [3.63, 3.8) is 0 Å². The predicted molar refractivity (Wildman–Crippen MR) is 136 cm³/mol. The minimum atomic E-state index is -0.775. The number of carbonyl (C=O) groups is 4. The van der Waals surface area contributed by atoms with Crippen LogP contribution in [0.1, 0.15) is 36.6 Å². The topological polar surface area (TPSA) is 102 Å². The van der Waals surface area contributed by atoms with E-state index < -0.39 is 18.5 Å². The predicted octanol–water partition coefficient (Wildman–Crippen LogP) is 4.97. The van der Waals surface area contributed by atoms with Crippen LogP contribution in [0.5, 0.6) is 0 Å². The summed E-state index contributed by atoms with van der Waals surface area (Å²) in [5.74, 6) is -2.01. The lowest BCUT2D eigenvalue weighted by Gasteiger charge is -2.12. The van der Waals surface area contributed by atoms with Gasteiger partial charge in [-0.3, -0.25) is 14.4 Å². The van der Waals surface area contributed by atoms with Gasteiger partial charge >= 0.3 is 5.97 Å². The maximum absolute atomic E-state index is 12.9. The van der Waals surface area contributed by atoms with Gasteiger partial charge in [-0.25, -0.2) is 4.79 Å². The molecule has 4 aromatic rings. The van der Waals surface area contributed by atoms with E-state index >= 15 is 0 Å². The first-order chi connectivity index (χ1) is 17.5. The van der Waals surface area contributed by atoms with Crippen molar-refractivity contribution in [2.45, 2.75) is 0 Å². The first kappa shape index (κ1) is 24.1. The van der Waals surface area contributed by atoms with Crippen LogP contribution < -0.4 is 10.6 Å². The molecule has 4 aromatic carbocycles. The van der Waals surface area contributed by atoms with Crippen LogP contribution in [0.15, 0.2) is 109 Å². The third-order valence-corrected chi connectivity index (χ3v) is 5.25. The number of amides is 2. The Morgan fingerprint density at radius 1 is 0.556 bits per heavy atom. The summed E-state index contributed by atoms with van der Waals surface area (Å²) < 4.78 is 5.19. The Labute approximate surface area is 207 Å². The van der Waals surface area contributed by atoms with Crippen LogP contribution in [-0.4, -0.2) is 30.2 Å². The number of nitrogens with one attached hydrogen (secondary N) is 2. The molecule has 0 aliphatic heterocycles. The number of anilines is 2. The number of ether oxygens (including phenoxy) is 1. The van der Waals surface area contributed by atoms with E-state index in [4.69, 9.17) is 4.74 Å². The Balaban J connectivity index is 1.40. The molecule has 0 unspecified atom stereocenters. The normalized spacial score (nSPS) is 10.2. The zero-order valence-corrected chi connectivity index (χ0v) is 19.1. The zero-order chi connectivity index (χ0) is 25.3. The summed E-state index contributed by atoms with van der Waals surface area (Å²) in [6.07, 6.45) is 0. The van der Waals surface area contributed by atoms with Gasteiger partial charge < -0.3 is 15.4 Å². The lowest BCUT2D eigenvalue weighted by Crippen LogP contribution is -2.23. The average molecular weight is 479 g/mol. The van der Waals surface area contributed by atoms with E-state index in [-0.39, 0.29) is 22.9 Å². The molecule has 0 fully saturated rings. The average Bonchev–Trinajstić information content (AvgIpc) is 2.93. The molecule has 0 radical (unpaired) electrons. The maximum atomic E-state index is 12.9. The molecule has 0 heterocycles. The summed E-state index contributed by atoms with van der Waals surface area (Å²) in [6.45, 7) is -0.576. The highest BCUT2D eigenvalue weighted by molar-refractivity contribution is 6.14. The molecule has 0 atom stereocenters. The number of carbonyl (C=O) groups excluding carboxylic acids is 4. The van der Waals surface area contributed by atoms with Gasteiger partial charge in [-0.15, -0.1) is 0 Å². The van der Waals surface area contributed by atoms with Gasteiger partial charge in [-0.05, 0) is 36.4 Å². The summed E-state index contributed by atoms with van der Waals surface area (Å²) in [6, 6.07) is 30.3. The number of benzene rings is 4. The SMILES string of the molecule is O=C(COC(=O)c1ccccc1NC(=O)c1ccccc1)Nc1ccccc1C(=O)c1ccccc1. The van der Waals surface area contributed by atoms with E-state index in [1.807, 2.05) is 6.07 Å². The van der Waals surface area contributed by atoms with Crippen LogP contribution in [0.2, 0.25) is 0 Å². The van der Waals surface area contributed by atoms with E-state index in [0.717, 1.165) is 0 Å². The molecule has 36 heavy (non-hydrogen) atoms. The molecular weight excluding hydrogens is 456 g/mol. The van der Waals surface area contributed by atoms with Crippen molar-refractivity contribution in [1.29, 1.82) is 0 Å². The molecule has 7 nitrogen and oxygen atoms in total. The number of ketones is 1. The Kier molecular flexibility index (Phi) is 7.63. The largest absolute Gasteiger partial charge is 0.452 e. The van der Waals surface area contributed by atoms with Crippen molar-refractivity contribution in [3.05, 3.63) is 131 Å². The molecule has 0 saturated heterocycles. The van der Waals surface area contributed by atoms with Crippen LogP contribution in [0.3, 0.4) is 0 Å². The Hall–Kier alpha value is -5.04. The third-order valence-electron chi connectivity index (χ3n) is 5.25. The van der Waals surface area contributed by atoms with Gasteiger partial charge in [-0.2, -0.15) is 0 Å². The first-order valence-electron chi connectivity index (χ1n) is 11.1. The lowest BCUT2D eigenvalue weighted by molar-refractivity contribution is -0.119. The van der Waals surface area contributed by atoms with Crippen molar-refractivity contribution in [1.82, 2.24) is 0 Å². The van der Waals surface area contributed by atoms with Gasteiger partial charge in [0.25, 0.3) is 11.8 Å². The van der Waals surface area contributed by atoms with Gasteiger partial charge in [0.1, 0.15) is 0 Å². The van der Waals surface area contributed by atoms with Gasteiger partial charge in [0.2, 0.25) is 0 Å². The lowest BCUT2D eigenvalue weighted by atomic mass is 10.0. The summed E-state index contributed by atoms with van der Waals surface area (Å²) in [7, 11) is 0. The molecule has 0 aliphatic rings. The quantitative estimate of drug-likeness (QED) is 0.275. The number of para-hydroxylation sites is 2. The minimum absolute atomic E-state index is 0.106. The molecule has 4 rings (SSSR count). The summed E-state index contributed by atoms with van der Waals surface area (Å²) in [5.41, 5.74) is 1.91. The van der Waals surface area contributed by atoms with E-state index in [9.17, 15) is 19.2 Å². The fourth-order valence-electron chi connectivity index (χ4n) is 3.48. The van der Waals surface area contributed by atoms with E-state index in [1.165, 1.54) is 6.07 Å². The van der Waals surface area contributed by atoms with Crippen molar-refractivity contribution in [3.8, 4) is 0 Å². The van der Waals surface area contributed by atoms with Crippen molar-refractivity contribution in [2.24, 2.45) is 0 Å². The van der Waals surface area contributed by atoms with Gasteiger partial charge in [-0.1, -0.05) is 72.8 Å². The zero-order valence-electron chi connectivity index (χ0n) is 19.1. The van der Waals surface area contributed by atoms with Gasteiger partial charge in [0.05, 0.1) is 16.9 Å². The summed E-state index contributed by atoms with van der Waals surface area (Å²) >= 11 is 0. The Morgan fingerprint density at radius 2 is 1.06 bits per heavy atom. The van der Waals surface area contributed by atoms with Crippen molar-refractivity contribution in [2.75, 3.05) is 17.2 Å². The number of esters is 1. The second kappa shape index (κ2) is 11.4. The van der Waals surface area contributed by atoms with E-state index in [1.54, 1.807) is 97.1 Å². The molecule has 2 amide bonds. The molecule has 0 saturated carbocycles.